The number of hydrogen-bond donors (Lipinski definition) is 1. The SMILES string of the molecule is CN(C)C1(CNC(=O)c2ccc(I)cc2)CCOCC1. The van der Waals surface area contributed by atoms with Crippen LogP contribution in [-0.4, -0.2) is 50.2 Å². The minimum absolute atomic E-state index is 0.00545. The fourth-order valence-corrected chi connectivity index (χ4v) is 2.84. The quantitative estimate of drug-likeness (QED) is 0.804. The van der Waals surface area contributed by atoms with Crippen LogP contribution in [0.3, 0.4) is 0 Å². The van der Waals surface area contributed by atoms with E-state index in [0.717, 1.165) is 29.6 Å². The van der Waals surface area contributed by atoms with E-state index in [9.17, 15) is 4.79 Å². The normalized spacial score (nSPS) is 18.0. The summed E-state index contributed by atoms with van der Waals surface area (Å²) >= 11 is 2.24. The molecule has 5 heteroatoms. The predicted octanol–water partition coefficient (Wildman–Crippen LogP) is 2.13. The average molecular weight is 388 g/mol. The monoisotopic (exact) mass is 388 g/mol. The Morgan fingerprint density at radius 1 is 1.30 bits per heavy atom. The molecule has 1 fully saturated rings. The van der Waals surface area contributed by atoms with Gasteiger partial charge in [-0.3, -0.25) is 4.79 Å². The molecule has 20 heavy (non-hydrogen) atoms. The number of ether oxygens (including phenoxy) is 1. The maximum atomic E-state index is 12.2. The van der Waals surface area contributed by atoms with Crippen molar-refractivity contribution in [3.05, 3.63) is 33.4 Å². The molecule has 1 aliphatic rings. The number of rotatable bonds is 4. The number of amides is 1. The Bertz CT molecular complexity index is 453. The fraction of sp³-hybridized carbons (Fsp3) is 0.533. The first-order chi connectivity index (χ1) is 9.53. The highest BCUT2D eigenvalue weighted by molar-refractivity contribution is 14.1. The van der Waals surface area contributed by atoms with E-state index in [4.69, 9.17) is 4.74 Å². The number of benzene rings is 1. The van der Waals surface area contributed by atoms with Crippen molar-refractivity contribution in [2.24, 2.45) is 0 Å². The minimum atomic E-state index is -0.00545. The van der Waals surface area contributed by atoms with Gasteiger partial charge in [-0.15, -0.1) is 0 Å². The molecular weight excluding hydrogens is 367 g/mol. The van der Waals surface area contributed by atoms with Gasteiger partial charge in [-0.05, 0) is 73.8 Å². The van der Waals surface area contributed by atoms with Crippen LogP contribution in [0.1, 0.15) is 23.2 Å². The van der Waals surface area contributed by atoms with E-state index in [1.54, 1.807) is 0 Å². The summed E-state index contributed by atoms with van der Waals surface area (Å²) in [6.45, 7) is 2.18. The molecule has 0 spiro atoms. The lowest BCUT2D eigenvalue weighted by Gasteiger charge is -2.42. The molecule has 1 amide bonds. The van der Waals surface area contributed by atoms with Crippen molar-refractivity contribution in [2.75, 3.05) is 33.9 Å². The fourth-order valence-electron chi connectivity index (χ4n) is 2.48. The lowest BCUT2D eigenvalue weighted by Crippen LogP contribution is -2.55. The number of carbonyl (C=O) groups excluding carboxylic acids is 1. The van der Waals surface area contributed by atoms with Gasteiger partial charge in [0.25, 0.3) is 5.91 Å². The molecule has 1 heterocycles. The molecule has 0 radical (unpaired) electrons. The zero-order valence-electron chi connectivity index (χ0n) is 12.0. The van der Waals surface area contributed by atoms with Crippen molar-refractivity contribution in [2.45, 2.75) is 18.4 Å². The van der Waals surface area contributed by atoms with Crippen molar-refractivity contribution < 1.29 is 9.53 Å². The third-order valence-electron chi connectivity index (χ3n) is 4.06. The van der Waals surface area contributed by atoms with Crippen molar-refractivity contribution in [1.29, 1.82) is 0 Å². The third kappa shape index (κ3) is 3.71. The van der Waals surface area contributed by atoms with Crippen LogP contribution in [0.5, 0.6) is 0 Å². The summed E-state index contributed by atoms with van der Waals surface area (Å²) < 4.78 is 6.57. The molecule has 110 valence electrons. The summed E-state index contributed by atoms with van der Waals surface area (Å²) in [6, 6.07) is 7.63. The molecule has 1 N–H and O–H groups in total. The summed E-state index contributed by atoms with van der Waals surface area (Å²) in [5, 5.41) is 3.07. The third-order valence-corrected chi connectivity index (χ3v) is 4.78. The van der Waals surface area contributed by atoms with Crippen LogP contribution in [0, 0.1) is 3.57 Å². The number of halogens is 1. The number of likely N-dealkylation sites (N-methyl/N-ethyl adjacent to an activating group) is 1. The van der Waals surface area contributed by atoms with Crippen molar-refractivity contribution in [3.8, 4) is 0 Å². The molecule has 0 atom stereocenters. The van der Waals surface area contributed by atoms with Crippen LogP contribution < -0.4 is 5.32 Å². The Morgan fingerprint density at radius 2 is 1.90 bits per heavy atom. The van der Waals surface area contributed by atoms with Gasteiger partial charge in [-0.1, -0.05) is 0 Å². The van der Waals surface area contributed by atoms with E-state index < -0.39 is 0 Å². The molecule has 1 saturated heterocycles. The van der Waals surface area contributed by atoms with Crippen LogP contribution in [0.15, 0.2) is 24.3 Å². The van der Waals surface area contributed by atoms with Crippen LogP contribution in [0.2, 0.25) is 0 Å². The summed E-state index contributed by atoms with van der Waals surface area (Å²) in [5.74, 6) is -0.00545. The minimum Gasteiger partial charge on any atom is -0.381 e. The van der Waals surface area contributed by atoms with Gasteiger partial charge in [0.2, 0.25) is 0 Å². The van der Waals surface area contributed by atoms with Gasteiger partial charge in [0.1, 0.15) is 0 Å². The highest BCUT2D eigenvalue weighted by Gasteiger charge is 2.35. The molecule has 1 aromatic carbocycles. The molecule has 0 bridgehead atoms. The summed E-state index contributed by atoms with van der Waals surface area (Å²) in [4.78, 5) is 14.4. The topological polar surface area (TPSA) is 41.6 Å². The number of hydrogen-bond acceptors (Lipinski definition) is 3. The Morgan fingerprint density at radius 3 is 2.45 bits per heavy atom. The average Bonchev–Trinajstić information content (AvgIpc) is 2.46. The first-order valence-corrected chi connectivity index (χ1v) is 7.90. The molecule has 0 unspecified atom stereocenters. The predicted molar refractivity (Wildman–Crippen MR) is 88.0 cm³/mol. The van der Waals surface area contributed by atoms with Gasteiger partial charge >= 0.3 is 0 Å². The molecule has 0 aromatic heterocycles. The van der Waals surface area contributed by atoms with E-state index in [1.165, 1.54) is 0 Å². The second kappa shape index (κ2) is 6.87. The van der Waals surface area contributed by atoms with Crippen LogP contribution >= 0.6 is 22.6 Å². The Balaban J connectivity index is 1.98. The van der Waals surface area contributed by atoms with E-state index in [1.807, 2.05) is 24.3 Å². The lowest BCUT2D eigenvalue weighted by atomic mass is 9.88. The van der Waals surface area contributed by atoms with E-state index in [-0.39, 0.29) is 11.4 Å². The molecular formula is C15H21IN2O2. The van der Waals surface area contributed by atoms with Crippen LogP contribution in [-0.2, 0) is 4.74 Å². The van der Waals surface area contributed by atoms with Crippen LogP contribution in [0.4, 0.5) is 0 Å². The summed E-state index contributed by atoms with van der Waals surface area (Å²) in [6.07, 6.45) is 1.90. The lowest BCUT2D eigenvalue weighted by molar-refractivity contribution is -0.00657. The van der Waals surface area contributed by atoms with Gasteiger partial charge < -0.3 is 15.0 Å². The second-order valence-electron chi connectivity index (χ2n) is 5.42. The first kappa shape index (κ1) is 15.7. The van der Waals surface area contributed by atoms with Gasteiger partial charge in [-0.25, -0.2) is 0 Å². The molecule has 1 aromatic rings. The largest absolute Gasteiger partial charge is 0.381 e. The maximum absolute atomic E-state index is 12.2. The summed E-state index contributed by atoms with van der Waals surface area (Å²) in [5.41, 5.74) is 0.725. The van der Waals surface area contributed by atoms with Crippen LogP contribution in [0.25, 0.3) is 0 Å². The Kier molecular flexibility index (Phi) is 5.40. The maximum Gasteiger partial charge on any atom is 0.251 e. The molecule has 1 aliphatic heterocycles. The zero-order chi connectivity index (χ0) is 14.6. The highest BCUT2D eigenvalue weighted by Crippen LogP contribution is 2.25. The zero-order valence-corrected chi connectivity index (χ0v) is 14.1. The van der Waals surface area contributed by atoms with Gasteiger partial charge in [0, 0.05) is 34.4 Å². The van der Waals surface area contributed by atoms with Crippen molar-refractivity contribution in [1.82, 2.24) is 10.2 Å². The van der Waals surface area contributed by atoms with Crippen molar-refractivity contribution >= 4 is 28.5 Å². The molecule has 0 saturated carbocycles. The van der Waals surface area contributed by atoms with Gasteiger partial charge in [-0.2, -0.15) is 0 Å². The summed E-state index contributed by atoms with van der Waals surface area (Å²) in [7, 11) is 4.14. The first-order valence-electron chi connectivity index (χ1n) is 6.82. The Hall–Kier alpha value is -0.660. The Labute approximate surface area is 134 Å². The molecule has 0 aliphatic carbocycles. The van der Waals surface area contributed by atoms with Crippen molar-refractivity contribution in [3.63, 3.8) is 0 Å². The smallest absolute Gasteiger partial charge is 0.251 e. The van der Waals surface area contributed by atoms with E-state index in [0.29, 0.717) is 12.1 Å². The number of carbonyl (C=O) groups is 1. The number of nitrogens with one attached hydrogen (secondary N) is 1. The number of nitrogens with zero attached hydrogens (tertiary/aromatic N) is 1. The molecule has 4 nitrogen and oxygen atoms in total. The standard InChI is InChI=1S/C15H21IN2O2/c1-18(2)15(7-9-20-10-8-15)11-17-14(19)12-3-5-13(16)6-4-12/h3-6H,7-11H2,1-2H3,(H,17,19). The molecule has 2 rings (SSSR count). The van der Waals surface area contributed by atoms with Gasteiger partial charge in [0.05, 0.1) is 0 Å². The van der Waals surface area contributed by atoms with E-state index >= 15 is 0 Å². The van der Waals surface area contributed by atoms with E-state index in [2.05, 4.69) is 46.9 Å². The highest BCUT2D eigenvalue weighted by atomic mass is 127. The second-order valence-corrected chi connectivity index (χ2v) is 6.67. The van der Waals surface area contributed by atoms with Gasteiger partial charge in [0.15, 0.2) is 0 Å².